The van der Waals surface area contributed by atoms with Crippen molar-refractivity contribution in [1.82, 2.24) is 4.90 Å². The van der Waals surface area contributed by atoms with E-state index in [0.717, 1.165) is 5.69 Å². The third kappa shape index (κ3) is 4.35. The summed E-state index contributed by atoms with van der Waals surface area (Å²) in [6, 6.07) is 5.62. The van der Waals surface area contributed by atoms with Crippen LogP contribution in [0.15, 0.2) is 18.2 Å². The molecule has 0 atom stereocenters. The van der Waals surface area contributed by atoms with Gasteiger partial charge in [0.15, 0.2) is 0 Å². The van der Waals surface area contributed by atoms with Crippen molar-refractivity contribution in [3.05, 3.63) is 18.2 Å². The molecule has 0 aromatic heterocycles. The summed E-state index contributed by atoms with van der Waals surface area (Å²) in [6.45, 7) is 4.20. The quantitative estimate of drug-likeness (QED) is 0.855. The second kappa shape index (κ2) is 6.87. The lowest BCUT2D eigenvalue weighted by molar-refractivity contribution is -0.129. The van der Waals surface area contributed by atoms with Crippen LogP contribution in [0.2, 0.25) is 0 Å². The molecular formula is C14H22N2O3. The highest BCUT2D eigenvalue weighted by molar-refractivity contribution is 5.81. The van der Waals surface area contributed by atoms with Crippen molar-refractivity contribution in [3.8, 4) is 11.5 Å². The van der Waals surface area contributed by atoms with Crippen LogP contribution in [-0.2, 0) is 4.79 Å². The molecule has 0 heterocycles. The third-order valence-electron chi connectivity index (χ3n) is 2.96. The maximum absolute atomic E-state index is 11.9. The van der Waals surface area contributed by atoms with Crippen molar-refractivity contribution in [2.75, 3.05) is 33.1 Å². The Kier molecular flexibility index (Phi) is 5.48. The zero-order valence-corrected chi connectivity index (χ0v) is 12.2. The van der Waals surface area contributed by atoms with E-state index in [1.807, 2.05) is 26.0 Å². The molecule has 1 aromatic carbocycles. The maximum Gasteiger partial charge on any atom is 0.241 e. The fourth-order valence-electron chi connectivity index (χ4n) is 1.50. The maximum atomic E-state index is 11.9. The minimum absolute atomic E-state index is 0.0387. The van der Waals surface area contributed by atoms with Gasteiger partial charge in [-0.05, 0) is 13.8 Å². The number of nitrogens with zero attached hydrogens (tertiary/aromatic N) is 1. The lowest BCUT2D eigenvalue weighted by Crippen LogP contribution is -2.37. The van der Waals surface area contributed by atoms with E-state index in [-0.39, 0.29) is 18.5 Å². The molecule has 1 aromatic rings. The molecule has 1 amide bonds. The lowest BCUT2D eigenvalue weighted by Gasteiger charge is -2.22. The van der Waals surface area contributed by atoms with Gasteiger partial charge in [-0.25, -0.2) is 0 Å². The van der Waals surface area contributed by atoms with Crippen molar-refractivity contribution >= 4 is 11.6 Å². The number of ether oxygens (including phenoxy) is 2. The van der Waals surface area contributed by atoms with E-state index >= 15 is 0 Å². The minimum atomic E-state index is 0.0387. The molecule has 0 saturated carbocycles. The largest absolute Gasteiger partial charge is 0.497 e. The lowest BCUT2D eigenvalue weighted by atomic mass is 10.2. The molecule has 0 fully saturated rings. The summed E-state index contributed by atoms with van der Waals surface area (Å²) in [5.41, 5.74) is 0.793. The molecule has 5 nitrogen and oxygen atoms in total. The van der Waals surface area contributed by atoms with Crippen molar-refractivity contribution in [1.29, 1.82) is 0 Å². The number of likely N-dealkylation sites (N-methyl/N-ethyl adjacent to an activating group) is 1. The van der Waals surface area contributed by atoms with Gasteiger partial charge < -0.3 is 19.7 Å². The Labute approximate surface area is 114 Å². The van der Waals surface area contributed by atoms with Gasteiger partial charge >= 0.3 is 0 Å². The monoisotopic (exact) mass is 266 g/mol. The first-order chi connectivity index (χ1) is 8.97. The Morgan fingerprint density at radius 1 is 1.21 bits per heavy atom. The predicted octanol–water partition coefficient (Wildman–Crippen LogP) is 1.98. The highest BCUT2D eigenvalue weighted by Crippen LogP contribution is 2.25. The number of amides is 1. The van der Waals surface area contributed by atoms with E-state index in [1.54, 1.807) is 32.2 Å². The Morgan fingerprint density at radius 2 is 1.74 bits per heavy atom. The molecule has 1 N–H and O–H groups in total. The SMILES string of the molecule is COc1cc(NCC(=O)N(C)C(C)C)cc(OC)c1. The minimum Gasteiger partial charge on any atom is -0.497 e. The van der Waals surface area contributed by atoms with E-state index in [4.69, 9.17) is 9.47 Å². The van der Waals surface area contributed by atoms with Gasteiger partial charge in [-0.15, -0.1) is 0 Å². The van der Waals surface area contributed by atoms with Crippen LogP contribution in [0.1, 0.15) is 13.8 Å². The predicted molar refractivity (Wildman–Crippen MR) is 75.9 cm³/mol. The number of benzene rings is 1. The number of hydrogen-bond donors (Lipinski definition) is 1. The third-order valence-corrected chi connectivity index (χ3v) is 2.96. The van der Waals surface area contributed by atoms with Gasteiger partial charge in [0.05, 0.1) is 20.8 Å². The topological polar surface area (TPSA) is 50.8 Å². The Bertz CT molecular complexity index is 410. The molecule has 0 bridgehead atoms. The number of methoxy groups -OCH3 is 2. The average molecular weight is 266 g/mol. The van der Waals surface area contributed by atoms with Crippen molar-refractivity contribution < 1.29 is 14.3 Å². The molecule has 19 heavy (non-hydrogen) atoms. The zero-order valence-electron chi connectivity index (χ0n) is 12.2. The molecule has 0 aliphatic rings. The average Bonchev–Trinajstić information content (AvgIpc) is 2.43. The van der Waals surface area contributed by atoms with Gasteiger partial charge in [0.25, 0.3) is 0 Å². The Morgan fingerprint density at radius 3 is 2.16 bits per heavy atom. The molecule has 0 radical (unpaired) electrons. The van der Waals surface area contributed by atoms with Crippen LogP contribution in [0.3, 0.4) is 0 Å². The van der Waals surface area contributed by atoms with Gasteiger partial charge in [0.2, 0.25) is 5.91 Å². The van der Waals surface area contributed by atoms with Crippen LogP contribution >= 0.6 is 0 Å². The van der Waals surface area contributed by atoms with Crippen LogP contribution in [0.4, 0.5) is 5.69 Å². The molecule has 0 spiro atoms. The highest BCUT2D eigenvalue weighted by atomic mass is 16.5. The number of hydrogen-bond acceptors (Lipinski definition) is 4. The second-order valence-corrected chi connectivity index (χ2v) is 4.55. The Hall–Kier alpha value is -1.91. The zero-order chi connectivity index (χ0) is 14.4. The molecule has 1 rings (SSSR count). The Balaban J connectivity index is 2.69. The van der Waals surface area contributed by atoms with E-state index in [9.17, 15) is 4.79 Å². The first-order valence-electron chi connectivity index (χ1n) is 6.20. The van der Waals surface area contributed by atoms with E-state index in [1.165, 1.54) is 0 Å². The summed E-state index contributed by atoms with van der Waals surface area (Å²) in [7, 11) is 4.98. The second-order valence-electron chi connectivity index (χ2n) is 4.55. The molecule has 0 aliphatic carbocycles. The van der Waals surface area contributed by atoms with Gasteiger partial charge in [0, 0.05) is 37.0 Å². The van der Waals surface area contributed by atoms with Crippen LogP contribution < -0.4 is 14.8 Å². The van der Waals surface area contributed by atoms with Gasteiger partial charge in [-0.3, -0.25) is 4.79 Å². The summed E-state index contributed by atoms with van der Waals surface area (Å²) in [5.74, 6) is 1.41. The molecule has 5 heteroatoms. The summed E-state index contributed by atoms with van der Waals surface area (Å²) >= 11 is 0. The highest BCUT2D eigenvalue weighted by Gasteiger charge is 2.11. The van der Waals surface area contributed by atoms with E-state index in [2.05, 4.69) is 5.32 Å². The van der Waals surface area contributed by atoms with Gasteiger partial charge in [0.1, 0.15) is 11.5 Å². The number of nitrogens with one attached hydrogen (secondary N) is 1. The smallest absolute Gasteiger partial charge is 0.241 e. The molecule has 0 aliphatic heterocycles. The van der Waals surface area contributed by atoms with Crippen LogP contribution in [-0.4, -0.2) is 44.7 Å². The van der Waals surface area contributed by atoms with E-state index < -0.39 is 0 Å². The van der Waals surface area contributed by atoms with Crippen molar-refractivity contribution in [3.63, 3.8) is 0 Å². The number of carbonyl (C=O) groups is 1. The molecule has 0 unspecified atom stereocenters. The number of rotatable bonds is 6. The molecular weight excluding hydrogens is 244 g/mol. The fraction of sp³-hybridized carbons (Fsp3) is 0.500. The van der Waals surface area contributed by atoms with Crippen molar-refractivity contribution in [2.24, 2.45) is 0 Å². The van der Waals surface area contributed by atoms with Crippen LogP contribution in [0.5, 0.6) is 11.5 Å². The standard InChI is InChI=1S/C14H22N2O3/c1-10(2)16(3)14(17)9-15-11-6-12(18-4)8-13(7-11)19-5/h6-8,10,15H,9H2,1-5H3. The summed E-state index contributed by atoms with van der Waals surface area (Å²) in [6.07, 6.45) is 0. The first-order valence-corrected chi connectivity index (χ1v) is 6.20. The number of anilines is 1. The van der Waals surface area contributed by atoms with Crippen LogP contribution in [0.25, 0.3) is 0 Å². The first kappa shape index (κ1) is 15.1. The normalized spacial score (nSPS) is 10.2. The van der Waals surface area contributed by atoms with Crippen LogP contribution in [0, 0.1) is 0 Å². The molecule has 106 valence electrons. The van der Waals surface area contributed by atoms with Gasteiger partial charge in [-0.1, -0.05) is 0 Å². The fourth-order valence-corrected chi connectivity index (χ4v) is 1.50. The summed E-state index contributed by atoms with van der Waals surface area (Å²) in [5, 5.41) is 3.08. The van der Waals surface area contributed by atoms with E-state index in [0.29, 0.717) is 11.5 Å². The van der Waals surface area contributed by atoms with Gasteiger partial charge in [-0.2, -0.15) is 0 Å². The molecule has 0 saturated heterocycles. The van der Waals surface area contributed by atoms with Crippen molar-refractivity contribution in [2.45, 2.75) is 19.9 Å². The number of carbonyl (C=O) groups excluding carboxylic acids is 1. The summed E-state index contributed by atoms with van der Waals surface area (Å²) < 4.78 is 10.3. The summed E-state index contributed by atoms with van der Waals surface area (Å²) in [4.78, 5) is 13.6.